The van der Waals surface area contributed by atoms with Crippen molar-refractivity contribution in [2.24, 2.45) is 0 Å². The summed E-state index contributed by atoms with van der Waals surface area (Å²) < 4.78 is 22.7. The first-order valence-corrected chi connectivity index (χ1v) is 8.52. The lowest BCUT2D eigenvalue weighted by atomic mass is 10.2. The second-order valence-electron chi connectivity index (χ2n) is 4.28. The Kier molecular flexibility index (Phi) is 4.25. The number of ketones is 1. The Hall–Kier alpha value is -1.66. The van der Waals surface area contributed by atoms with Crippen LogP contribution in [0.2, 0.25) is 0 Å². The summed E-state index contributed by atoms with van der Waals surface area (Å²) in [6, 6.07) is 9.96. The molecule has 0 unspecified atom stereocenters. The van der Waals surface area contributed by atoms with Gasteiger partial charge >= 0.3 is 0 Å². The van der Waals surface area contributed by atoms with E-state index in [9.17, 15) is 13.2 Å². The number of Topliss-reactive ketones (excluding diaryl/α,β-unsaturated/α-hetero) is 1. The summed E-state index contributed by atoms with van der Waals surface area (Å²) in [6.45, 7) is 1.50. The number of pyridine rings is 1. The highest BCUT2D eigenvalue weighted by Crippen LogP contribution is 2.27. The lowest BCUT2D eigenvalue weighted by molar-refractivity contribution is 0.101. The van der Waals surface area contributed by atoms with E-state index < -0.39 is 9.84 Å². The average Bonchev–Trinajstić information content (AvgIpc) is 2.38. The fourth-order valence-corrected chi connectivity index (χ4v) is 3.00. The standard InChI is InChI=1S/C14H13NO3S2/c1-10(16)11-7-8-15-14(9-11)19-12-3-5-13(6-4-12)20(2,17)18/h3-9H,1-2H3. The van der Waals surface area contributed by atoms with Crippen LogP contribution in [0.5, 0.6) is 0 Å². The van der Waals surface area contributed by atoms with Crippen molar-refractivity contribution in [2.45, 2.75) is 21.7 Å². The number of carbonyl (C=O) groups excluding carboxylic acids is 1. The summed E-state index contributed by atoms with van der Waals surface area (Å²) in [5, 5.41) is 0.699. The molecule has 1 aromatic heterocycles. The first-order chi connectivity index (χ1) is 9.36. The molecule has 1 heterocycles. The molecule has 0 spiro atoms. The van der Waals surface area contributed by atoms with Crippen molar-refractivity contribution < 1.29 is 13.2 Å². The minimum Gasteiger partial charge on any atom is -0.295 e. The van der Waals surface area contributed by atoms with Gasteiger partial charge in [-0.1, -0.05) is 11.8 Å². The number of rotatable bonds is 4. The fourth-order valence-electron chi connectivity index (χ4n) is 1.56. The number of hydrogen-bond donors (Lipinski definition) is 0. The predicted molar refractivity (Wildman–Crippen MR) is 77.9 cm³/mol. The normalized spacial score (nSPS) is 11.3. The van der Waals surface area contributed by atoms with E-state index in [0.29, 0.717) is 10.6 Å². The molecule has 0 saturated heterocycles. The Morgan fingerprint density at radius 3 is 2.35 bits per heavy atom. The smallest absolute Gasteiger partial charge is 0.175 e. The van der Waals surface area contributed by atoms with E-state index in [2.05, 4.69) is 4.98 Å². The Morgan fingerprint density at radius 2 is 1.80 bits per heavy atom. The molecule has 20 heavy (non-hydrogen) atoms. The lowest BCUT2D eigenvalue weighted by Gasteiger charge is -2.03. The topological polar surface area (TPSA) is 64.1 Å². The molecule has 0 saturated carbocycles. The van der Waals surface area contributed by atoms with Gasteiger partial charge < -0.3 is 0 Å². The van der Waals surface area contributed by atoms with E-state index in [-0.39, 0.29) is 10.7 Å². The van der Waals surface area contributed by atoms with Crippen LogP contribution in [0.15, 0.2) is 57.4 Å². The number of benzene rings is 1. The molecule has 0 fully saturated rings. The van der Waals surface area contributed by atoms with Gasteiger partial charge in [-0.15, -0.1) is 0 Å². The minimum absolute atomic E-state index is 0.0123. The molecular weight excluding hydrogens is 294 g/mol. The van der Waals surface area contributed by atoms with Crippen molar-refractivity contribution in [3.8, 4) is 0 Å². The van der Waals surface area contributed by atoms with Crippen molar-refractivity contribution in [1.29, 1.82) is 0 Å². The highest BCUT2D eigenvalue weighted by Gasteiger charge is 2.07. The third-order valence-corrected chi connectivity index (χ3v) is 4.68. The van der Waals surface area contributed by atoms with Crippen molar-refractivity contribution in [3.63, 3.8) is 0 Å². The van der Waals surface area contributed by atoms with E-state index in [4.69, 9.17) is 0 Å². The number of aromatic nitrogens is 1. The molecule has 0 radical (unpaired) electrons. The molecular formula is C14H13NO3S2. The van der Waals surface area contributed by atoms with Crippen LogP contribution in [-0.4, -0.2) is 25.4 Å². The number of nitrogens with zero attached hydrogens (tertiary/aromatic N) is 1. The third kappa shape index (κ3) is 3.68. The first-order valence-electron chi connectivity index (χ1n) is 5.81. The van der Waals surface area contributed by atoms with Crippen LogP contribution in [0.3, 0.4) is 0 Å². The molecule has 2 aromatic rings. The van der Waals surface area contributed by atoms with Crippen molar-refractivity contribution in [3.05, 3.63) is 48.2 Å². The monoisotopic (exact) mass is 307 g/mol. The van der Waals surface area contributed by atoms with Crippen LogP contribution in [-0.2, 0) is 9.84 Å². The van der Waals surface area contributed by atoms with Gasteiger partial charge in [0.15, 0.2) is 15.6 Å². The van der Waals surface area contributed by atoms with Crippen LogP contribution in [0.25, 0.3) is 0 Å². The van der Waals surface area contributed by atoms with Gasteiger partial charge in [0.05, 0.1) is 4.90 Å². The fraction of sp³-hybridized carbons (Fsp3) is 0.143. The van der Waals surface area contributed by atoms with Crippen molar-refractivity contribution >= 4 is 27.4 Å². The number of hydrogen-bond acceptors (Lipinski definition) is 5. The molecule has 6 heteroatoms. The molecule has 0 N–H and O–H groups in total. The number of sulfone groups is 1. The molecule has 0 amide bonds. The summed E-state index contributed by atoms with van der Waals surface area (Å²) in [7, 11) is -3.18. The summed E-state index contributed by atoms with van der Waals surface area (Å²) in [4.78, 5) is 16.6. The largest absolute Gasteiger partial charge is 0.295 e. The Balaban J connectivity index is 2.22. The van der Waals surface area contributed by atoms with Crippen molar-refractivity contribution in [2.75, 3.05) is 6.26 Å². The summed E-state index contributed by atoms with van der Waals surface area (Å²) in [6.07, 6.45) is 2.76. The highest BCUT2D eigenvalue weighted by atomic mass is 32.2. The SMILES string of the molecule is CC(=O)c1ccnc(Sc2ccc(S(C)(=O)=O)cc2)c1. The van der Waals surface area contributed by atoms with Gasteiger partial charge in [-0.2, -0.15) is 0 Å². The van der Waals surface area contributed by atoms with Gasteiger partial charge in [-0.3, -0.25) is 4.79 Å². The van der Waals surface area contributed by atoms with Crippen LogP contribution in [0.4, 0.5) is 0 Å². The van der Waals surface area contributed by atoms with E-state index in [0.717, 1.165) is 4.90 Å². The number of carbonyl (C=O) groups is 1. The Morgan fingerprint density at radius 1 is 1.15 bits per heavy atom. The van der Waals surface area contributed by atoms with Crippen molar-refractivity contribution in [1.82, 2.24) is 4.98 Å². The molecule has 0 aliphatic carbocycles. The minimum atomic E-state index is -3.18. The maximum atomic E-state index is 11.4. The zero-order valence-electron chi connectivity index (χ0n) is 11.0. The van der Waals surface area contributed by atoms with E-state index in [1.54, 1.807) is 42.6 Å². The molecule has 4 nitrogen and oxygen atoms in total. The quantitative estimate of drug-likeness (QED) is 0.813. The van der Waals surface area contributed by atoms with Gasteiger partial charge in [0.2, 0.25) is 0 Å². The molecule has 2 rings (SSSR count). The summed E-state index contributed by atoms with van der Waals surface area (Å²) in [5.41, 5.74) is 0.607. The van der Waals surface area contributed by atoms with E-state index in [1.807, 2.05) is 0 Å². The van der Waals surface area contributed by atoms with Crippen LogP contribution in [0.1, 0.15) is 17.3 Å². The highest BCUT2D eigenvalue weighted by molar-refractivity contribution is 7.99. The van der Waals surface area contributed by atoms with Gasteiger partial charge in [0.25, 0.3) is 0 Å². The van der Waals surface area contributed by atoms with Crippen LogP contribution >= 0.6 is 11.8 Å². The maximum Gasteiger partial charge on any atom is 0.175 e. The molecule has 0 aliphatic heterocycles. The molecule has 104 valence electrons. The molecule has 1 aromatic carbocycles. The maximum absolute atomic E-state index is 11.4. The van der Waals surface area contributed by atoms with Gasteiger partial charge in [0.1, 0.15) is 5.03 Å². The second kappa shape index (κ2) is 5.76. The summed E-state index contributed by atoms with van der Waals surface area (Å²) in [5.74, 6) is -0.0123. The molecule has 0 atom stereocenters. The van der Waals surface area contributed by atoms with E-state index >= 15 is 0 Å². The lowest BCUT2D eigenvalue weighted by Crippen LogP contribution is -1.96. The van der Waals surface area contributed by atoms with Crippen LogP contribution in [0, 0.1) is 0 Å². The third-order valence-electron chi connectivity index (χ3n) is 2.62. The van der Waals surface area contributed by atoms with Gasteiger partial charge in [-0.05, 0) is 43.3 Å². The first kappa shape index (κ1) is 14.7. The van der Waals surface area contributed by atoms with Crippen LogP contribution < -0.4 is 0 Å². The average molecular weight is 307 g/mol. The van der Waals surface area contributed by atoms with E-state index in [1.165, 1.54) is 24.9 Å². The predicted octanol–water partition coefficient (Wildman–Crippen LogP) is 2.84. The Bertz CT molecular complexity index is 737. The zero-order valence-corrected chi connectivity index (χ0v) is 12.7. The van der Waals surface area contributed by atoms with Gasteiger partial charge in [0, 0.05) is 22.9 Å². The second-order valence-corrected chi connectivity index (χ2v) is 7.39. The molecule has 0 aliphatic rings. The van der Waals surface area contributed by atoms with Gasteiger partial charge in [-0.25, -0.2) is 13.4 Å². The summed E-state index contributed by atoms with van der Waals surface area (Å²) >= 11 is 1.38. The zero-order chi connectivity index (χ0) is 14.8. The Labute approximate surface area is 122 Å². The molecule has 0 bridgehead atoms.